The summed E-state index contributed by atoms with van der Waals surface area (Å²) in [5, 5.41) is 5.72. The molecule has 0 aromatic rings. The predicted molar refractivity (Wildman–Crippen MR) is 72.9 cm³/mol. The smallest absolute Gasteiger partial charge is 0.410 e. The van der Waals surface area contributed by atoms with Crippen LogP contribution >= 0.6 is 0 Å². The SMILES string of the molecule is CNCC(=O)NC1CCCN(C(=O)OC(C)(C)C)C1. The van der Waals surface area contributed by atoms with Gasteiger partial charge in [-0.25, -0.2) is 4.79 Å². The zero-order valence-electron chi connectivity index (χ0n) is 12.3. The predicted octanol–water partition coefficient (Wildman–Crippen LogP) is 0.721. The molecular formula is C13H25N3O3. The summed E-state index contributed by atoms with van der Waals surface area (Å²) in [7, 11) is 1.73. The lowest BCUT2D eigenvalue weighted by molar-refractivity contribution is -0.121. The third-order valence-corrected chi connectivity index (χ3v) is 2.78. The van der Waals surface area contributed by atoms with Gasteiger partial charge in [0, 0.05) is 19.1 Å². The van der Waals surface area contributed by atoms with Crippen molar-refractivity contribution in [3.05, 3.63) is 0 Å². The summed E-state index contributed by atoms with van der Waals surface area (Å²) >= 11 is 0. The van der Waals surface area contributed by atoms with Crippen molar-refractivity contribution < 1.29 is 14.3 Å². The Morgan fingerprint density at radius 2 is 2.05 bits per heavy atom. The van der Waals surface area contributed by atoms with Crippen LogP contribution in [-0.4, -0.2) is 55.2 Å². The fourth-order valence-corrected chi connectivity index (χ4v) is 2.03. The summed E-state index contributed by atoms with van der Waals surface area (Å²) in [6.45, 7) is 7.05. The molecule has 0 saturated carbocycles. The first-order chi connectivity index (χ1) is 8.81. The van der Waals surface area contributed by atoms with Crippen LogP contribution in [0.25, 0.3) is 0 Å². The van der Waals surface area contributed by atoms with Crippen molar-refractivity contribution in [1.82, 2.24) is 15.5 Å². The molecule has 0 aliphatic carbocycles. The molecule has 1 aliphatic heterocycles. The van der Waals surface area contributed by atoms with Gasteiger partial charge in [0.15, 0.2) is 0 Å². The molecule has 1 fully saturated rings. The van der Waals surface area contributed by atoms with E-state index in [9.17, 15) is 9.59 Å². The van der Waals surface area contributed by atoms with Crippen molar-refractivity contribution in [2.75, 3.05) is 26.7 Å². The Hall–Kier alpha value is -1.30. The zero-order valence-corrected chi connectivity index (χ0v) is 12.3. The Morgan fingerprint density at radius 3 is 2.63 bits per heavy atom. The molecule has 1 saturated heterocycles. The second-order valence-electron chi connectivity index (χ2n) is 5.86. The van der Waals surface area contributed by atoms with Crippen LogP contribution in [0.2, 0.25) is 0 Å². The molecule has 6 nitrogen and oxygen atoms in total. The maximum Gasteiger partial charge on any atom is 0.410 e. The monoisotopic (exact) mass is 271 g/mol. The van der Waals surface area contributed by atoms with Crippen LogP contribution in [0.5, 0.6) is 0 Å². The number of amides is 2. The van der Waals surface area contributed by atoms with E-state index in [1.807, 2.05) is 20.8 Å². The lowest BCUT2D eigenvalue weighted by Gasteiger charge is -2.34. The van der Waals surface area contributed by atoms with Gasteiger partial charge in [-0.2, -0.15) is 0 Å². The highest BCUT2D eigenvalue weighted by atomic mass is 16.6. The number of likely N-dealkylation sites (tertiary alicyclic amines) is 1. The Bertz CT molecular complexity index is 326. The largest absolute Gasteiger partial charge is 0.444 e. The van der Waals surface area contributed by atoms with E-state index in [-0.39, 0.29) is 18.0 Å². The van der Waals surface area contributed by atoms with E-state index < -0.39 is 5.60 Å². The summed E-state index contributed by atoms with van der Waals surface area (Å²) in [6.07, 6.45) is 1.47. The summed E-state index contributed by atoms with van der Waals surface area (Å²) in [6, 6.07) is 0.0159. The first kappa shape index (κ1) is 15.8. The number of carbonyl (C=O) groups is 2. The zero-order chi connectivity index (χ0) is 14.5. The third kappa shape index (κ3) is 5.92. The first-order valence-corrected chi connectivity index (χ1v) is 6.73. The molecule has 0 radical (unpaired) electrons. The highest BCUT2D eigenvalue weighted by Gasteiger charge is 2.28. The number of ether oxygens (including phenoxy) is 1. The van der Waals surface area contributed by atoms with Crippen LogP contribution in [0, 0.1) is 0 Å². The number of likely N-dealkylation sites (N-methyl/N-ethyl adjacent to an activating group) is 1. The van der Waals surface area contributed by atoms with Gasteiger partial charge in [0.05, 0.1) is 6.54 Å². The lowest BCUT2D eigenvalue weighted by atomic mass is 10.1. The van der Waals surface area contributed by atoms with Crippen molar-refractivity contribution >= 4 is 12.0 Å². The summed E-state index contributed by atoms with van der Waals surface area (Å²) in [5.41, 5.74) is -0.487. The minimum atomic E-state index is -0.487. The van der Waals surface area contributed by atoms with Crippen molar-refractivity contribution in [2.24, 2.45) is 0 Å². The molecule has 2 amide bonds. The minimum Gasteiger partial charge on any atom is -0.444 e. The van der Waals surface area contributed by atoms with Gasteiger partial charge < -0.3 is 20.3 Å². The third-order valence-electron chi connectivity index (χ3n) is 2.78. The van der Waals surface area contributed by atoms with E-state index in [4.69, 9.17) is 4.74 Å². The molecule has 1 unspecified atom stereocenters. The topological polar surface area (TPSA) is 70.7 Å². The maximum atomic E-state index is 11.9. The van der Waals surface area contributed by atoms with Gasteiger partial charge in [-0.3, -0.25) is 4.79 Å². The van der Waals surface area contributed by atoms with Crippen LogP contribution in [0.3, 0.4) is 0 Å². The fraction of sp³-hybridized carbons (Fsp3) is 0.846. The van der Waals surface area contributed by atoms with Crippen LogP contribution in [0.4, 0.5) is 4.79 Å². The highest BCUT2D eigenvalue weighted by Crippen LogP contribution is 2.15. The van der Waals surface area contributed by atoms with Gasteiger partial charge in [0.25, 0.3) is 0 Å². The first-order valence-electron chi connectivity index (χ1n) is 6.73. The average Bonchev–Trinajstić information content (AvgIpc) is 2.27. The Balaban J connectivity index is 2.45. The van der Waals surface area contributed by atoms with Gasteiger partial charge in [-0.15, -0.1) is 0 Å². The van der Waals surface area contributed by atoms with Gasteiger partial charge in [0.2, 0.25) is 5.91 Å². The molecule has 1 heterocycles. The van der Waals surface area contributed by atoms with Crippen molar-refractivity contribution in [2.45, 2.75) is 45.3 Å². The number of nitrogens with one attached hydrogen (secondary N) is 2. The summed E-state index contributed by atoms with van der Waals surface area (Å²) < 4.78 is 5.34. The van der Waals surface area contributed by atoms with E-state index in [1.54, 1.807) is 11.9 Å². The van der Waals surface area contributed by atoms with Crippen LogP contribution in [0.15, 0.2) is 0 Å². The molecule has 1 atom stereocenters. The number of piperidine rings is 1. The molecule has 0 bridgehead atoms. The molecule has 110 valence electrons. The molecule has 2 N–H and O–H groups in total. The summed E-state index contributed by atoms with van der Waals surface area (Å²) in [4.78, 5) is 25.1. The number of rotatable bonds is 3. The molecule has 1 rings (SSSR count). The van der Waals surface area contributed by atoms with Crippen LogP contribution in [-0.2, 0) is 9.53 Å². The summed E-state index contributed by atoms with van der Waals surface area (Å²) in [5.74, 6) is -0.0430. The van der Waals surface area contributed by atoms with Crippen molar-refractivity contribution in [1.29, 1.82) is 0 Å². The standard InChI is InChI=1S/C13H25N3O3/c1-13(2,3)19-12(18)16-7-5-6-10(9-16)15-11(17)8-14-4/h10,14H,5-9H2,1-4H3,(H,15,17). The molecule has 1 aliphatic rings. The molecule has 19 heavy (non-hydrogen) atoms. The number of carbonyl (C=O) groups excluding carboxylic acids is 2. The van der Waals surface area contributed by atoms with E-state index in [2.05, 4.69) is 10.6 Å². The average molecular weight is 271 g/mol. The van der Waals surface area contributed by atoms with E-state index in [0.717, 1.165) is 12.8 Å². The van der Waals surface area contributed by atoms with Gasteiger partial charge in [0.1, 0.15) is 5.60 Å². The second kappa shape index (κ2) is 6.75. The van der Waals surface area contributed by atoms with Crippen LogP contribution in [0.1, 0.15) is 33.6 Å². The van der Waals surface area contributed by atoms with E-state index in [1.165, 1.54) is 0 Å². The Morgan fingerprint density at radius 1 is 1.37 bits per heavy atom. The highest BCUT2D eigenvalue weighted by molar-refractivity contribution is 5.78. The fourth-order valence-electron chi connectivity index (χ4n) is 2.03. The van der Waals surface area contributed by atoms with Crippen molar-refractivity contribution in [3.8, 4) is 0 Å². The van der Waals surface area contributed by atoms with Crippen molar-refractivity contribution in [3.63, 3.8) is 0 Å². The molecule has 6 heteroatoms. The van der Waals surface area contributed by atoms with Gasteiger partial charge >= 0.3 is 6.09 Å². The van der Waals surface area contributed by atoms with Gasteiger partial charge in [-0.1, -0.05) is 0 Å². The number of nitrogens with zero attached hydrogens (tertiary/aromatic N) is 1. The lowest BCUT2D eigenvalue weighted by Crippen LogP contribution is -2.51. The number of hydrogen-bond donors (Lipinski definition) is 2. The second-order valence-corrected chi connectivity index (χ2v) is 5.86. The normalized spacial score (nSPS) is 20.0. The molecule has 0 aromatic carbocycles. The maximum absolute atomic E-state index is 11.9. The molecular weight excluding hydrogens is 246 g/mol. The van der Waals surface area contributed by atoms with E-state index in [0.29, 0.717) is 19.6 Å². The Labute approximate surface area is 114 Å². The quantitative estimate of drug-likeness (QED) is 0.793. The van der Waals surface area contributed by atoms with Crippen LogP contribution < -0.4 is 10.6 Å². The molecule has 0 spiro atoms. The number of hydrogen-bond acceptors (Lipinski definition) is 4. The molecule has 0 aromatic heterocycles. The minimum absolute atomic E-state index is 0.0159. The van der Waals surface area contributed by atoms with E-state index >= 15 is 0 Å². The van der Waals surface area contributed by atoms with Gasteiger partial charge in [-0.05, 0) is 40.7 Å². The Kier molecular flexibility index (Phi) is 5.60.